The van der Waals surface area contributed by atoms with Crippen molar-refractivity contribution in [3.05, 3.63) is 52.3 Å². The Morgan fingerprint density at radius 2 is 1.34 bits per heavy atom. The van der Waals surface area contributed by atoms with Crippen molar-refractivity contribution in [3.8, 4) is 23.0 Å². The molecule has 9 heteroatoms. The number of nitrogens with zero attached hydrogens (tertiary/aromatic N) is 2. The summed E-state index contributed by atoms with van der Waals surface area (Å²) in [5.74, 6) is 6.20. The second-order valence-corrected chi connectivity index (χ2v) is 15.6. The molecule has 255 valence electrons. The van der Waals surface area contributed by atoms with Crippen molar-refractivity contribution in [2.75, 3.05) is 33.4 Å². The van der Waals surface area contributed by atoms with Gasteiger partial charge in [0.15, 0.2) is 23.0 Å². The molecule has 0 saturated heterocycles. The van der Waals surface area contributed by atoms with E-state index in [4.69, 9.17) is 13.5 Å². The number of rotatable bonds is 9. The first-order chi connectivity index (χ1) is 22.8. The fraction of sp³-hybridized carbons (Fsp3) is 0.658. The maximum absolute atomic E-state index is 11.0. The van der Waals surface area contributed by atoms with Crippen LogP contribution in [0.5, 0.6) is 23.0 Å². The van der Waals surface area contributed by atoms with Gasteiger partial charge in [-0.05, 0) is 147 Å². The number of methoxy groups -OCH3 is 1. The fourth-order valence-electron chi connectivity index (χ4n) is 11.5. The molecule has 8 bridgehead atoms. The quantitative estimate of drug-likeness (QED) is 0.127. The van der Waals surface area contributed by atoms with Crippen LogP contribution in [-0.2, 0) is 31.9 Å². The van der Waals surface area contributed by atoms with E-state index in [0.29, 0.717) is 30.9 Å². The Labute approximate surface area is 288 Å². The number of phenolic OH excluding ortho intramolecular Hbond substituents is 3. The third-order valence-corrected chi connectivity index (χ3v) is 12.5. The summed E-state index contributed by atoms with van der Waals surface area (Å²) in [5, 5.41) is 44.1. The molecular formula is C38H51N2O6V-. The number of benzene rings is 2. The molecule has 0 unspecified atom stereocenters. The van der Waals surface area contributed by atoms with Crippen LogP contribution in [0.3, 0.4) is 0 Å². The zero-order valence-electron chi connectivity index (χ0n) is 27.7. The standard InChI is InChI=1S/C26H34O2.C12H17N2O3.O.V/c27-23-8-21(25-9-15-1-16(10-25)3-17(2-15)11-25)7-22(24(23)28)26-12-18-4-19(13-26)6-20(5-18)14-26;1-17-11-4-2-3-10(12(11)16)9-14-6-5-13-7-8-15;;/h7-8,15-20,27-28H,1-6,9-14H2;2-4,9,15-16H,5-8H2,1H3;;/q;-1;;. The monoisotopic (exact) mass is 682 g/mol. The average Bonchev–Trinajstić information content (AvgIpc) is 3.04. The van der Waals surface area contributed by atoms with Gasteiger partial charge in [0, 0.05) is 30.5 Å². The number of phenols is 3. The van der Waals surface area contributed by atoms with Crippen LogP contribution < -0.4 is 4.74 Å². The number of hydrogen-bond acceptors (Lipinski definition) is 7. The van der Waals surface area contributed by atoms with Crippen molar-refractivity contribution >= 4 is 6.21 Å². The molecule has 8 fully saturated rings. The minimum atomic E-state index is 0.0698. The van der Waals surface area contributed by atoms with Crippen molar-refractivity contribution < 1.29 is 46.2 Å². The Morgan fingerprint density at radius 3 is 1.85 bits per heavy atom. The number of aromatic hydroxyl groups is 3. The van der Waals surface area contributed by atoms with Crippen molar-refractivity contribution in [1.82, 2.24) is 0 Å². The number of aliphatic imine (C=N–C) groups is 1. The summed E-state index contributed by atoms with van der Waals surface area (Å²) in [6.07, 6.45) is 17.9. The van der Waals surface area contributed by atoms with Gasteiger partial charge in [-0.15, -0.1) is 13.1 Å². The van der Waals surface area contributed by atoms with Crippen molar-refractivity contribution in [1.29, 1.82) is 0 Å². The van der Waals surface area contributed by atoms with Gasteiger partial charge in [0.25, 0.3) is 0 Å². The number of aliphatic hydroxyl groups is 1. The minimum absolute atomic E-state index is 0.0698. The number of aliphatic hydroxyl groups excluding tert-OH is 1. The second kappa shape index (κ2) is 14.6. The molecule has 0 amide bonds. The van der Waals surface area contributed by atoms with Crippen molar-refractivity contribution in [2.45, 2.75) is 87.9 Å². The van der Waals surface area contributed by atoms with E-state index in [0.717, 1.165) is 58.4 Å². The van der Waals surface area contributed by atoms with Crippen LogP contribution in [0.25, 0.3) is 5.32 Å². The van der Waals surface area contributed by atoms with E-state index in [1.165, 1.54) is 89.7 Å². The summed E-state index contributed by atoms with van der Waals surface area (Å²) in [5.41, 5.74) is 3.57. The van der Waals surface area contributed by atoms with Gasteiger partial charge in [-0.25, -0.2) is 0 Å². The van der Waals surface area contributed by atoms with E-state index in [2.05, 4.69) is 16.4 Å². The van der Waals surface area contributed by atoms with E-state index >= 15 is 0 Å². The third-order valence-electron chi connectivity index (χ3n) is 12.5. The molecule has 0 spiro atoms. The van der Waals surface area contributed by atoms with E-state index < -0.39 is 0 Å². The molecule has 0 heterocycles. The van der Waals surface area contributed by atoms with E-state index in [9.17, 15) is 15.3 Å². The predicted octanol–water partition coefficient (Wildman–Crippen LogP) is 7.10. The van der Waals surface area contributed by atoms with Crippen LogP contribution in [-0.4, -0.2) is 60.0 Å². The molecule has 0 radical (unpaired) electrons. The van der Waals surface area contributed by atoms with Gasteiger partial charge in [-0.2, -0.15) is 0 Å². The molecule has 0 aliphatic heterocycles. The van der Waals surface area contributed by atoms with Gasteiger partial charge in [0.1, 0.15) is 0 Å². The van der Waals surface area contributed by atoms with Gasteiger partial charge < -0.3 is 30.5 Å². The first kappa shape index (κ1) is 34.5. The second-order valence-electron chi connectivity index (χ2n) is 15.6. The number of ether oxygens (including phenoxy) is 1. The van der Waals surface area contributed by atoms with Crippen molar-refractivity contribution in [2.24, 2.45) is 40.5 Å². The molecule has 10 rings (SSSR count). The normalized spacial score (nSPS) is 34.1. The van der Waals surface area contributed by atoms with Crippen LogP contribution in [0.15, 0.2) is 35.3 Å². The molecule has 2 aromatic carbocycles. The zero-order valence-corrected chi connectivity index (χ0v) is 29.1. The first-order valence-corrected chi connectivity index (χ1v) is 18.2. The Bertz CT molecular complexity index is 1360. The van der Waals surface area contributed by atoms with Crippen LogP contribution in [0, 0.1) is 35.5 Å². The summed E-state index contributed by atoms with van der Waals surface area (Å²) in [7, 11) is 1.50. The van der Waals surface area contributed by atoms with Gasteiger partial charge in [-0.3, -0.25) is 4.99 Å². The fourth-order valence-corrected chi connectivity index (χ4v) is 11.5. The summed E-state index contributed by atoms with van der Waals surface area (Å²) >= 11 is 1.06. The molecule has 2 aromatic rings. The molecule has 8 saturated carbocycles. The molecule has 47 heavy (non-hydrogen) atoms. The Balaban J connectivity index is 0.000000177. The SMILES string of the molecule is COc1cccc(C=NCC[N-]CCO)c1O.Oc1cc(C23CC4CC(CC(C4)C2)C3)cc(C23CC4CC(CC(C4)C2)C3)c1O.[O]=[V]. The van der Waals surface area contributed by atoms with Crippen molar-refractivity contribution in [3.63, 3.8) is 0 Å². The summed E-state index contributed by atoms with van der Waals surface area (Å²) in [4.78, 5) is 4.13. The van der Waals surface area contributed by atoms with E-state index in [1.54, 1.807) is 24.4 Å². The first-order valence-electron chi connectivity index (χ1n) is 17.6. The van der Waals surface area contributed by atoms with Crippen LogP contribution in [0.2, 0.25) is 0 Å². The van der Waals surface area contributed by atoms with Gasteiger partial charge in [0.2, 0.25) is 0 Å². The topological polar surface area (TPSA) is 134 Å². The molecule has 0 atom stereocenters. The van der Waals surface area contributed by atoms with Gasteiger partial charge in [-0.1, -0.05) is 12.1 Å². The Morgan fingerprint density at radius 1 is 0.809 bits per heavy atom. The third kappa shape index (κ3) is 7.04. The molecular weight excluding hydrogens is 631 g/mol. The van der Waals surface area contributed by atoms with Crippen LogP contribution in [0.1, 0.15) is 93.7 Å². The average molecular weight is 683 g/mol. The molecule has 4 N–H and O–H groups in total. The predicted molar refractivity (Wildman–Crippen MR) is 177 cm³/mol. The van der Waals surface area contributed by atoms with E-state index in [-0.39, 0.29) is 34.7 Å². The Hall–Kier alpha value is -2.39. The van der Waals surface area contributed by atoms with Crippen LogP contribution in [0.4, 0.5) is 0 Å². The molecule has 0 aromatic heterocycles. The molecule has 8 aliphatic rings. The summed E-state index contributed by atoms with van der Waals surface area (Å²) in [6.45, 7) is 1.62. The maximum atomic E-state index is 11.0. The number of hydrogen-bond donors (Lipinski definition) is 4. The number of para-hydroxylation sites is 1. The van der Waals surface area contributed by atoms with Crippen LogP contribution >= 0.6 is 0 Å². The van der Waals surface area contributed by atoms with Gasteiger partial charge >= 0.3 is 21.0 Å². The zero-order chi connectivity index (χ0) is 33.2. The molecule has 8 aliphatic carbocycles. The molecule has 8 nitrogen and oxygen atoms in total. The summed E-state index contributed by atoms with van der Waals surface area (Å²) in [6, 6.07) is 9.60. The van der Waals surface area contributed by atoms with E-state index in [1.807, 2.05) is 6.07 Å². The Kier molecular flexibility index (Phi) is 10.7. The van der Waals surface area contributed by atoms with Gasteiger partial charge in [0.05, 0.1) is 7.11 Å². The summed E-state index contributed by atoms with van der Waals surface area (Å²) < 4.78 is 13.2.